The summed E-state index contributed by atoms with van der Waals surface area (Å²) < 4.78 is 19.8. The molecule has 0 saturated carbocycles. The molecule has 0 aliphatic carbocycles. The average Bonchev–Trinajstić information content (AvgIpc) is 2.46. The molecular formula is C16H18ClFN2O. The predicted molar refractivity (Wildman–Crippen MR) is 82.5 cm³/mol. The third-order valence-electron chi connectivity index (χ3n) is 2.97. The van der Waals surface area contributed by atoms with Crippen molar-refractivity contribution in [2.24, 2.45) is 0 Å². The molecule has 2 aromatic rings. The molecule has 2 rings (SSSR count). The van der Waals surface area contributed by atoms with E-state index in [0.717, 1.165) is 18.5 Å². The molecule has 1 heterocycles. The Morgan fingerprint density at radius 1 is 1.33 bits per heavy atom. The number of aryl methyl sites for hydroxylation is 1. The van der Waals surface area contributed by atoms with Gasteiger partial charge in [0.15, 0.2) is 5.82 Å². The van der Waals surface area contributed by atoms with Crippen LogP contribution in [0.3, 0.4) is 0 Å². The summed E-state index contributed by atoms with van der Waals surface area (Å²) in [5.74, 6) is -0.123. The molecule has 0 unspecified atom stereocenters. The molecule has 0 spiro atoms. The van der Waals surface area contributed by atoms with E-state index in [1.807, 2.05) is 13.0 Å². The number of hydrogen-bond acceptors (Lipinski definition) is 3. The van der Waals surface area contributed by atoms with Crippen LogP contribution in [0.15, 0.2) is 30.5 Å². The van der Waals surface area contributed by atoms with E-state index in [1.54, 1.807) is 18.2 Å². The van der Waals surface area contributed by atoms with E-state index in [4.69, 9.17) is 16.3 Å². The van der Waals surface area contributed by atoms with Crippen molar-refractivity contribution in [3.8, 4) is 11.6 Å². The van der Waals surface area contributed by atoms with Gasteiger partial charge in [-0.25, -0.2) is 9.37 Å². The maximum atomic E-state index is 14.3. The number of benzene rings is 1. The number of aromatic nitrogens is 1. The van der Waals surface area contributed by atoms with Gasteiger partial charge in [-0.1, -0.05) is 24.6 Å². The SMILES string of the molecule is CCCNCc1ccnc(Oc2ccc(C)cc2Cl)c1F. The summed E-state index contributed by atoms with van der Waals surface area (Å²) >= 11 is 6.09. The molecule has 0 aliphatic heterocycles. The summed E-state index contributed by atoms with van der Waals surface area (Å²) in [6.07, 6.45) is 2.53. The number of rotatable bonds is 6. The minimum Gasteiger partial charge on any atom is -0.435 e. The molecule has 0 bridgehead atoms. The van der Waals surface area contributed by atoms with Crippen molar-refractivity contribution in [1.82, 2.24) is 10.3 Å². The predicted octanol–water partition coefficient (Wildman–Crippen LogP) is 4.47. The fourth-order valence-electron chi connectivity index (χ4n) is 1.86. The van der Waals surface area contributed by atoms with E-state index in [0.29, 0.717) is 22.9 Å². The first-order chi connectivity index (χ1) is 10.1. The molecule has 0 radical (unpaired) electrons. The van der Waals surface area contributed by atoms with Crippen LogP contribution in [0, 0.1) is 12.7 Å². The lowest BCUT2D eigenvalue weighted by molar-refractivity contribution is 0.417. The van der Waals surface area contributed by atoms with Gasteiger partial charge in [0.1, 0.15) is 5.75 Å². The summed E-state index contributed by atoms with van der Waals surface area (Å²) in [6.45, 7) is 5.26. The van der Waals surface area contributed by atoms with Gasteiger partial charge in [-0.05, 0) is 43.7 Å². The van der Waals surface area contributed by atoms with Crippen molar-refractivity contribution >= 4 is 11.6 Å². The number of hydrogen-bond donors (Lipinski definition) is 1. The van der Waals surface area contributed by atoms with Crippen LogP contribution in [0.5, 0.6) is 11.6 Å². The quantitative estimate of drug-likeness (QED) is 0.799. The first-order valence-corrected chi connectivity index (χ1v) is 7.27. The molecule has 3 nitrogen and oxygen atoms in total. The maximum Gasteiger partial charge on any atom is 0.256 e. The summed E-state index contributed by atoms with van der Waals surface area (Å²) in [5.41, 5.74) is 1.54. The van der Waals surface area contributed by atoms with E-state index < -0.39 is 5.82 Å². The van der Waals surface area contributed by atoms with Gasteiger partial charge >= 0.3 is 0 Å². The van der Waals surface area contributed by atoms with Crippen LogP contribution in [0.2, 0.25) is 5.02 Å². The molecule has 5 heteroatoms. The summed E-state index contributed by atoms with van der Waals surface area (Å²) in [5, 5.41) is 3.59. The number of pyridine rings is 1. The molecule has 21 heavy (non-hydrogen) atoms. The van der Waals surface area contributed by atoms with Gasteiger partial charge in [-0.2, -0.15) is 0 Å². The number of nitrogens with one attached hydrogen (secondary N) is 1. The third kappa shape index (κ3) is 4.16. The third-order valence-corrected chi connectivity index (χ3v) is 3.27. The highest BCUT2D eigenvalue weighted by Crippen LogP contribution is 2.30. The number of halogens is 2. The normalized spacial score (nSPS) is 10.7. The minimum absolute atomic E-state index is 0.0587. The minimum atomic E-state index is -0.460. The largest absolute Gasteiger partial charge is 0.435 e. The van der Waals surface area contributed by atoms with Crippen LogP contribution < -0.4 is 10.1 Å². The molecule has 1 N–H and O–H groups in total. The van der Waals surface area contributed by atoms with Crippen molar-refractivity contribution in [2.45, 2.75) is 26.8 Å². The lowest BCUT2D eigenvalue weighted by Gasteiger charge is -2.10. The second kappa shape index (κ2) is 7.38. The first-order valence-electron chi connectivity index (χ1n) is 6.90. The number of nitrogens with zero attached hydrogens (tertiary/aromatic N) is 1. The van der Waals surface area contributed by atoms with Gasteiger partial charge < -0.3 is 10.1 Å². The monoisotopic (exact) mass is 308 g/mol. The molecule has 0 atom stereocenters. The standard InChI is InChI=1S/C16H18ClFN2O/c1-3-7-19-10-12-6-8-20-16(15(12)18)21-14-5-4-11(2)9-13(14)17/h4-6,8-9,19H,3,7,10H2,1-2H3. The fourth-order valence-corrected chi connectivity index (χ4v) is 2.14. The lowest BCUT2D eigenvalue weighted by Crippen LogP contribution is -2.15. The molecule has 112 valence electrons. The Kier molecular flexibility index (Phi) is 5.53. The molecule has 0 amide bonds. The molecule has 0 fully saturated rings. The van der Waals surface area contributed by atoms with Crippen molar-refractivity contribution in [3.05, 3.63) is 52.4 Å². The lowest BCUT2D eigenvalue weighted by atomic mass is 10.2. The Balaban J connectivity index is 2.18. The average molecular weight is 309 g/mol. The van der Waals surface area contributed by atoms with Crippen molar-refractivity contribution < 1.29 is 9.13 Å². The molecule has 1 aromatic carbocycles. The van der Waals surface area contributed by atoms with Gasteiger partial charge in [0.05, 0.1) is 5.02 Å². The van der Waals surface area contributed by atoms with Crippen molar-refractivity contribution in [1.29, 1.82) is 0 Å². The second-order valence-electron chi connectivity index (χ2n) is 4.80. The summed E-state index contributed by atoms with van der Waals surface area (Å²) in [4.78, 5) is 3.94. The second-order valence-corrected chi connectivity index (χ2v) is 5.21. The Bertz CT molecular complexity index is 619. The van der Waals surface area contributed by atoms with Gasteiger partial charge in [-0.3, -0.25) is 0 Å². The van der Waals surface area contributed by atoms with Gasteiger partial charge in [0.25, 0.3) is 5.88 Å². The van der Waals surface area contributed by atoms with E-state index in [1.165, 1.54) is 6.20 Å². The van der Waals surface area contributed by atoms with Crippen LogP contribution in [-0.4, -0.2) is 11.5 Å². The van der Waals surface area contributed by atoms with Gasteiger partial charge in [-0.15, -0.1) is 0 Å². The van der Waals surface area contributed by atoms with E-state index in [2.05, 4.69) is 17.2 Å². The Hall–Kier alpha value is -1.65. The molecule has 1 aromatic heterocycles. The van der Waals surface area contributed by atoms with Gasteiger partial charge in [0.2, 0.25) is 0 Å². The fraction of sp³-hybridized carbons (Fsp3) is 0.312. The Morgan fingerprint density at radius 3 is 2.86 bits per heavy atom. The first kappa shape index (κ1) is 15.7. The van der Waals surface area contributed by atoms with Crippen LogP contribution in [0.25, 0.3) is 0 Å². The van der Waals surface area contributed by atoms with E-state index >= 15 is 0 Å². The zero-order valence-corrected chi connectivity index (χ0v) is 12.9. The van der Waals surface area contributed by atoms with Gasteiger partial charge in [0, 0.05) is 18.3 Å². The molecular weight excluding hydrogens is 291 g/mol. The highest BCUT2D eigenvalue weighted by molar-refractivity contribution is 6.32. The maximum absolute atomic E-state index is 14.3. The highest BCUT2D eigenvalue weighted by Gasteiger charge is 2.13. The topological polar surface area (TPSA) is 34.2 Å². The number of ether oxygens (including phenoxy) is 1. The van der Waals surface area contributed by atoms with Crippen LogP contribution in [0.4, 0.5) is 4.39 Å². The van der Waals surface area contributed by atoms with Crippen molar-refractivity contribution in [3.63, 3.8) is 0 Å². The van der Waals surface area contributed by atoms with Crippen LogP contribution in [-0.2, 0) is 6.54 Å². The summed E-state index contributed by atoms with van der Waals surface area (Å²) in [7, 11) is 0. The highest BCUT2D eigenvalue weighted by atomic mass is 35.5. The van der Waals surface area contributed by atoms with Crippen molar-refractivity contribution in [2.75, 3.05) is 6.54 Å². The Labute approximate surface area is 129 Å². The van der Waals surface area contributed by atoms with Crippen LogP contribution in [0.1, 0.15) is 24.5 Å². The molecule has 0 saturated heterocycles. The van der Waals surface area contributed by atoms with E-state index in [-0.39, 0.29) is 5.88 Å². The Morgan fingerprint density at radius 2 is 2.14 bits per heavy atom. The van der Waals surface area contributed by atoms with Crippen LogP contribution >= 0.6 is 11.6 Å². The summed E-state index contributed by atoms with van der Waals surface area (Å²) in [6, 6.07) is 6.97. The zero-order valence-electron chi connectivity index (χ0n) is 12.1. The zero-order chi connectivity index (χ0) is 15.2. The van der Waals surface area contributed by atoms with E-state index in [9.17, 15) is 4.39 Å². The molecule has 0 aliphatic rings. The smallest absolute Gasteiger partial charge is 0.256 e.